The number of hydrogen-bond donors (Lipinski definition) is 0. The minimum Gasteiger partial charge on any atom is -0.496 e. The van der Waals surface area contributed by atoms with Crippen molar-refractivity contribution in [3.8, 4) is 5.75 Å². The van der Waals surface area contributed by atoms with Gasteiger partial charge in [0.2, 0.25) is 0 Å². The highest BCUT2D eigenvalue weighted by Crippen LogP contribution is 2.38. The van der Waals surface area contributed by atoms with Gasteiger partial charge in [0.1, 0.15) is 5.75 Å². The topological polar surface area (TPSA) is 79.8 Å². The zero-order valence-electron chi connectivity index (χ0n) is 18.0. The Morgan fingerprint density at radius 1 is 1.03 bits per heavy atom. The maximum Gasteiger partial charge on any atom is 0.256 e. The van der Waals surface area contributed by atoms with E-state index < -0.39 is 9.84 Å². The van der Waals surface area contributed by atoms with Crippen molar-refractivity contribution >= 4 is 32.3 Å². The van der Waals surface area contributed by atoms with Crippen molar-refractivity contribution in [2.24, 2.45) is 0 Å². The van der Waals surface area contributed by atoms with E-state index in [0.29, 0.717) is 43.9 Å². The standard InChI is InChI=1S/C24H25N3O4S/c1-31-22-9-8-21(26-12-14-32(29,30)15-13-26)23-19(22)16-27(24(23)28)11-10-18-7-6-17-4-2-3-5-20(17)25-18/h2-9H,10-16H2,1H3. The smallest absolute Gasteiger partial charge is 0.256 e. The average Bonchev–Trinajstić information content (AvgIpc) is 3.13. The Hall–Kier alpha value is -3.13. The summed E-state index contributed by atoms with van der Waals surface area (Å²) < 4.78 is 29.2. The number of carbonyl (C=O) groups excluding carboxylic acids is 1. The predicted octanol–water partition coefficient (Wildman–Crippen LogP) is 2.68. The molecule has 1 amide bonds. The maximum absolute atomic E-state index is 13.4. The summed E-state index contributed by atoms with van der Waals surface area (Å²) in [7, 11) is -1.39. The number of anilines is 1. The van der Waals surface area contributed by atoms with Crippen LogP contribution >= 0.6 is 0 Å². The molecule has 7 nitrogen and oxygen atoms in total. The Labute approximate surface area is 187 Å². The molecule has 2 aliphatic heterocycles. The Morgan fingerprint density at radius 2 is 1.81 bits per heavy atom. The zero-order chi connectivity index (χ0) is 22.3. The summed E-state index contributed by atoms with van der Waals surface area (Å²) in [5.41, 5.74) is 4.20. The number of ether oxygens (including phenoxy) is 1. The molecule has 1 aromatic heterocycles. The number of rotatable bonds is 5. The second-order valence-electron chi connectivity index (χ2n) is 8.25. The molecular formula is C24H25N3O4S. The van der Waals surface area contributed by atoms with Gasteiger partial charge in [-0.2, -0.15) is 0 Å². The van der Waals surface area contributed by atoms with Crippen molar-refractivity contribution in [3.05, 3.63) is 65.4 Å². The highest BCUT2D eigenvalue weighted by molar-refractivity contribution is 7.91. The van der Waals surface area contributed by atoms with Gasteiger partial charge in [0, 0.05) is 42.7 Å². The highest BCUT2D eigenvalue weighted by atomic mass is 32.2. The van der Waals surface area contributed by atoms with Gasteiger partial charge < -0.3 is 14.5 Å². The second kappa shape index (κ2) is 8.09. The first-order valence-electron chi connectivity index (χ1n) is 10.7. The molecule has 1 fully saturated rings. The first-order chi connectivity index (χ1) is 15.4. The molecule has 0 saturated carbocycles. The van der Waals surface area contributed by atoms with Gasteiger partial charge in [0.15, 0.2) is 9.84 Å². The van der Waals surface area contributed by atoms with Crippen LogP contribution in [0.15, 0.2) is 48.5 Å². The molecule has 0 N–H and O–H groups in total. The van der Waals surface area contributed by atoms with Crippen molar-refractivity contribution in [1.29, 1.82) is 0 Å². The largest absolute Gasteiger partial charge is 0.496 e. The summed E-state index contributed by atoms with van der Waals surface area (Å²) in [6, 6.07) is 15.8. The Morgan fingerprint density at radius 3 is 2.59 bits per heavy atom. The van der Waals surface area contributed by atoms with Crippen molar-refractivity contribution in [3.63, 3.8) is 0 Å². The van der Waals surface area contributed by atoms with E-state index in [1.807, 2.05) is 52.3 Å². The first-order valence-corrected chi connectivity index (χ1v) is 12.6. The van der Waals surface area contributed by atoms with Crippen LogP contribution in [0.3, 0.4) is 0 Å². The molecule has 8 heteroatoms. The fraction of sp³-hybridized carbons (Fsp3) is 0.333. The molecule has 2 aliphatic rings. The van der Waals surface area contributed by atoms with Gasteiger partial charge in [-0.25, -0.2) is 8.42 Å². The van der Waals surface area contributed by atoms with Crippen LogP contribution in [0.25, 0.3) is 10.9 Å². The van der Waals surface area contributed by atoms with Gasteiger partial charge in [-0.3, -0.25) is 9.78 Å². The highest BCUT2D eigenvalue weighted by Gasteiger charge is 2.35. The van der Waals surface area contributed by atoms with E-state index in [1.165, 1.54) is 0 Å². The molecule has 32 heavy (non-hydrogen) atoms. The van der Waals surface area contributed by atoms with Gasteiger partial charge in [0.05, 0.1) is 41.9 Å². The molecule has 2 aromatic carbocycles. The number of pyridine rings is 1. The number of carbonyl (C=O) groups is 1. The van der Waals surface area contributed by atoms with Crippen LogP contribution in [0.1, 0.15) is 21.6 Å². The van der Waals surface area contributed by atoms with Crippen LogP contribution in [-0.4, -0.2) is 62.5 Å². The molecule has 5 rings (SSSR count). The number of sulfone groups is 1. The summed E-state index contributed by atoms with van der Waals surface area (Å²) in [6.07, 6.45) is 0.657. The fourth-order valence-electron chi connectivity index (χ4n) is 4.52. The van der Waals surface area contributed by atoms with Gasteiger partial charge in [-0.1, -0.05) is 24.3 Å². The fourth-order valence-corrected chi connectivity index (χ4v) is 5.72. The third-order valence-electron chi connectivity index (χ3n) is 6.30. The zero-order valence-corrected chi connectivity index (χ0v) is 18.8. The summed E-state index contributed by atoms with van der Waals surface area (Å²) in [6.45, 7) is 1.82. The van der Waals surface area contributed by atoms with Crippen molar-refractivity contribution in [1.82, 2.24) is 9.88 Å². The van der Waals surface area contributed by atoms with E-state index in [9.17, 15) is 13.2 Å². The van der Waals surface area contributed by atoms with Gasteiger partial charge in [0.25, 0.3) is 5.91 Å². The molecule has 0 aliphatic carbocycles. The van der Waals surface area contributed by atoms with E-state index in [4.69, 9.17) is 9.72 Å². The number of aromatic nitrogens is 1. The SMILES string of the molecule is COc1ccc(N2CCS(=O)(=O)CC2)c2c1CN(CCc1ccc3ccccc3n1)C2=O. The Kier molecular flexibility index (Phi) is 5.25. The molecule has 0 atom stereocenters. The summed E-state index contributed by atoms with van der Waals surface area (Å²) in [5, 5.41) is 1.10. The molecule has 0 radical (unpaired) electrons. The van der Waals surface area contributed by atoms with Crippen molar-refractivity contribution in [2.75, 3.05) is 43.1 Å². The monoisotopic (exact) mass is 451 g/mol. The first kappa shape index (κ1) is 20.8. The van der Waals surface area contributed by atoms with Crippen LogP contribution in [0.5, 0.6) is 5.75 Å². The van der Waals surface area contributed by atoms with Crippen LogP contribution in [0.2, 0.25) is 0 Å². The van der Waals surface area contributed by atoms with Crippen LogP contribution in [-0.2, 0) is 22.8 Å². The third-order valence-corrected chi connectivity index (χ3v) is 7.91. The van der Waals surface area contributed by atoms with Gasteiger partial charge >= 0.3 is 0 Å². The number of benzene rings is 2. The number of methoxy groups -OCH3 is 1. The lowest BCUT2D eigenvalue weighted by molar-refractivity contribution is 0.0780. The number of para-hydroxylation sites is 1. The summed E-state index contributed by atoms with van der Waals surface area (Å²) in [4.78, 5) is 21.9. The average molecular weight is 452 g/mol. The van der Waals surface area contributed by atoms with E-state index in [-0.39, 0.29) is 17.4 Å². The number of nitrogens with zero attached hydrogens (tertiary/aromatic N) is 3. The Bertz CT molecular complexity index is 1290. The molecule has 3 heterocycles. The molecule has 0 bridgehead atoms. The van der Waals surface area contributed by atoms with Gasteiger partial charge in [-0.05, 0) is 24.3 Å². The normalized spacial score (nSPS) is 17.6. The Balaban J connectivity index is 1.38. The lowest BCUT2D eigenvalue weighted by atomic mass is 10.1. The minimum absolute atomic E-state index is 0.0388. The molecule has 0 unspecified atom stereocenters. The van der Waals surface area contributed by atoms with Crippen molar-refractivity contribution in [2.45, 2.75) is 13.0 Å². The molecule has 0 spiro atoms. The quantitative estimate of drug-likeness (QED) is 0.593. The number of fused-ring (bicyclic) bond motifs is 2. The second-order valence-corrected chi connectivity index (χ2v) is 10.6. The molecule has 1 saturated heterocycles. The van der Waals surface area contributed by atoms with Crippen molar-refractivity contribution < 1.29 is 17.9 Å². The van der Waals surface area contributed by atoms with E-state index >= 15 is 0 Å². The number of hydrogen-bond acceptors (Lipinski definition) is 6. The van der Waals surface area contributed by atoms with E-state index in [1.54, 1.807) is 7.11 Å². The van der Waals surface area contributed by atoms with Gasteiger partial charge in [-0.15, -0.1) is 0 Å². The maximum atomic E-state index is 13.4. The molecule has 3 aromatic rings. The number of amides is 1. The summed E-state index contributed by atoms with van der Waals surface area (Å²) >= 11 is 0. The summed E-state index contributed by atoms with van der Waals surface area (Å²) in [5.74, 6) is 0.870. The molecule has 166 valence electrons. The van der Waals surface area contributed by atoms with Crippen LogP contribution < -0.4 is 9.64 Å². The molecular weight excluding hydrogens is 426 g/mol. The minimum atomic E-state index is -3.00. The predicted molar refractivity (Wildman–Crippen MR) is 124 cm³/mol. The van der Waals surface area contributed by atoms with Crippen LogP contribution in [0, 0.1) is 0 Å². The van der Waals surface area contributed by atoms with E-state index in [0.717, 1.165) is 27.8 Å². The van der Waals surface area contributed by atoms with Crippen LogP contribution in [0.4, 0.5) is 5.69 Å². The third kappa shape index (κ3) is 3.79. The van der Waals surface area contributed by atoms with E-state index in [2.05, 4.69) is 6.07 Å². The lowest BCUT2D eigenvalue weighted by Gasteiger charge is -2.30. The lowest BCUT2D eigenvalue weighted by Crippen LogP contribution is -2.41.